The molecule has 0 bridgehead atoms. The number of hydrogen-bond acceptors (Lipinski definition) is 2. The molecule has 2 nitrogen and oxygen atoms in total. The molecule has 0 amide bonds. The summed E-state index contributed by atoms with van der Waals surface area (Å²) in [6.45, 7) is 6.15. The van der Waals surface area contributed by atoms with E-state index in [0.717, 1.165) is 17.5 Å². The smallest absolute Gasteiger partial charge is 0.164 e. The van der Waals surface area contributed by atoms with Gasteiger partial charge in [-0.25, -0.2) is 0 Å². The van der Waals surface area contributed by atoms with Crippen LogP contribution in [0.2, 0.25) is 0 Å². The maximum Gasteiger partial charge on any atom is 0.164 e. The number of Topliss-reactive ketones (excluding diaryl/α,β-unsaturated/α-hetero) is 1. The zero-order chi connectivity index (χ0) is 10.6. The van der Waals surface area contributed by atoms with Gasteiger partial charge in [0.25, 0.3) is 0 Å². The molecule has 0 fully saturated rings. The first kappa shape index (κ1) is 10.9. The lowest BCUT2D eigenvalue weighted by Crippen LogP contribution is -2.05. The number of rotatable bonds is 4. The van der Waals surface area contributed by atoms with Crippen molar-refractivity contribution in [1.29, 1.82) is 0 Å². The highest BCUT2D eigenvalue weighted by Crippen LogP contribution is 2.12. The number of aromatic nitrogens is 1. The van der Waals surface area contributed by atoms with Crippen LogP contribution in [0.3, 0.4) is 0 Å². The molecule has 1 aromatic heterocycles. The van der Waals surface area contributed by atoms with Crippen LogP contribution in [-0.2, 0) is 0 Å². The topological polar surface area (TPSA) is 30.0 Å². The molecule has 0 aliphatic rings. The highest BCUT2D eigenvalue weighted by Gasteiger charge is 2.09. The predicted molar refractivity (Wildman–Crippen MR) is 57.4 cm³/mol. The Balaban J connectivity index is 2.70. The van der Waals surface area contributed by atoms with Crippen molar-refractivity contribution in [2.75, 3.05) is 0 Å². The number of hydrogen-bond donors (Lipinski definition) is 0. The van der Waals surface area contributed by atoms with E-state index >= 15 is 0 Å². The molecule has 0 aliphatic carbocycles. The van der Waals surface area contributed by atoms with Crippen LogP contribution in [0.4, 0.5) is 0 Å². The summed E-state index contributed by atoms with van der Waals surface area (Å²) in [6.07, 6.45) is 5.09. The molecule has 76 valence electrons. The van der Waals surface area contributed by atoms with E-state index in [1.54, 1.807) is 12.4 Å². The van der Waals surface area contributed by atoms with Gasteiger partial charge in [-0.2, -0.15) is 0 Å². The number of carbonyl (C=O) groups excluding carboxylic acids is 1. The average molecular weight is 191 g/mol. The minimum absolute atomic E-state index is 0.204. The van der Waals surface area contributed by atoms with Crippen molar-refractivity contribution < 1.29 is 4.79 Å². The molecule has 14 heavy (non-hydrogen) atoms. The van der Waals surface area contributed by atoms with E-state index in [1.807, 2.05) is 13.0 Å². The predicted octanol–water partition coefficient (Wildman–Crippen LogP) is 3.01. The molecule has 2 heteroatoms. The van der Waals surface area contributed by atoms with Gasteiger partial charge in [0, 0.05) is 24.4 Å². The highest BCUT2D eigenvalue weighted by molar-refractivity contribution is 5.96. The largest absolute Gasteiger partial charge is 0.294 e. The van der Waals surface area contributed by atoms with Crippen LogP contribution in [0, 0.1) is 12.8 Å². The molecule has 1 rings (SSSR count). The quantitative estimate of drug-likeness (QED) is 0.685. The van der Waals surface area contributed by atoms with Gasteiger partial charge in [-0.15, -0.1) is 0 Å². The SMILES string of the molecule is CCC(C)CC(=O)c1cncc(C)c1. The van der Waals surface area contributed by atoms with Gasteiger partial charge in [0.1, 0.15) is 0 Å². The second-order valence-electron chi connectivity index (χ2n) is 3.89. The molecule has 1 unspecified atom stereocenters. The summed E-state index contributed by atoms with van der Waals surface area (Å²) < 4.78 is 0. The van der Waals surface area contributed by atoms with Crippen molar-refractivity contribution in [2.45, 2.75) is 33.6 Å². The van der Waals surface area contributed by atoms with Crippen LogP contribution in [0.5, 0.6) is 0 Å². The summed E-state index contributed by atoms with van der Waals surface area (Å²) in [5.41, 5.74) is 1.78. The second kappa shape index (κ2) is 4.89. The molecule has 0 aliphatic heterocycles. The van der Waals surface area contributed by atoms with Gasteiger partial charge in [-0.05, 0) is 24.5 Å². The van der Waals surface area contributed by atoms with Crippen LogP contribution < -0.4 is 0 Å². The van der Waals surface area contributed by atoms with E-state index in [-0.39, 0.29) is 5.78 Å². The van der Waals surface area contributed by atoms with Gasteiger partial charge in [-0.3, -0.25) is 9.78 Å². The fraction of sp³-hybridized carbons (Fsp3) is 0.500. The van der Waals surface area contributed by atoms with Gasteiger partial charge < -0.3 is 0 Å². The Morgan fingerprint density at radius 3 is 2.79 bits per heavy atom. The minimum atomic E-state index is 0.204. The van der Waals surface area contributed by atoms with E-state index in [2.05, 4.69) is 18.8 Å². The van der Waals surface area contributed by atoms with Crippen LogP contribution in [0.25, 0.3) is 0 Å². The fourth-order valence-electron chi connectivity index (χ4n) is 1.29. The van der Waals surface area contributed by atoms with Gasteiger partial charge >= 0.3 is 0 Å². The molecule has 1 heterocycles. The monoisotopic (exact) mass is 191 g/mol. The lowest BCUT2D eigenvalue weighted by molar-refractivity contribution is 0.0963. The summed E-state index contributed by atoms with van der Waals surface area (Å²) >= 11 is 0. The lowest BCUT2D eigenvalue weighted by Gasteiger charge is -2.06. The molecule has 0 N–H and O–H groups in total. The van der Waals surface area contributed by atoms with Crippen molar-refractivity contribution in [3.8, 4) is 0 Å². The van der Waals surface area contributed by atoms with Gasteiger partial charge in [0.05, 0.1) is 0 Å². The molecule has 0 saturated heterocycles. The summed E-state index contributed by atoms with van der Waals surface area (Å²) in [6, 6.07) is 1.90. The van der Waals surface area contributed by atoms with Crippen LogP contribution >= 0.6 is 0 Å². The van der Waals surface area contributed by atoms with Crippen molar-refractivity contribution in [2.24, 2.45) is 5.92 Å². The fourth-order valence-corrected chi connectivity index (χ4v) is 1.29. The lowest BCUT2D eigenvalue weighted by atomic mass is 9.98. The van der Waals surface area contributed by atoms with Crippen molar-refractivity contribution in [3.05, 3.63) is 29.6 Å². The molecule has 0 saturated carbocycles. The molecule has 1 aromatic rings. The average Bonchev–Trinajstić information content (AvgIpc) is 2.17. The molecule has 0 radical (unpaired) electrons. The van der Waals surface area contributed by atoms with Crippen LogP contribution in [0.15, 0.2) is 18.5 Å². The first-order valence-corrected chi connectivity index (χ1v) is 5.08. The Hall–Kier alpha value is -1.18. The highest BCUT2D eigenvalue weighted by atomic mass is 16.1. The van der Waals surface area contributed by atoms with E-state index in [0.29, 0.717) is 12.3 Å². The van der Waals surface area contributed by atoms with Crippen molar-refractivity contribution in [1.82, 2.24) is 4.98 Å². The third-order valence-corrected chi connectivity index (χ3v) is 2.43. The maximum atomic E-state index is 11.7. The Morgan fingerprint density at radius 1 is 1.50 bits per heavy atom. The normalized spacial score (nSPS) is 12.5. The summed E-state index contributed by atoms with van der Waals surface area (Å²) in [5.74, 6) is 0.665. The van der Waals surface area contributed by atoms with E-state index < -0.39 is 0 Å². The molecule has 0 aromatic carbocycles. The molecular formula is C12H17NO. The zero-order valence-electron chi connectivity index (χ0n) is 9.08. The van der Waals surface area contributed by atoms with Gasteiger partial charge in [-0.1, -0.05) is 20.3 Å². The third kappa shape index (κ3) is 2.95. The third-order valence-electron chi connectivity index (χ3n) is 2.43. The Bertz CT molecular complexity index is 320. The van der Waals surface area contributed by atoms with Crippen molar-refractivity contribution >= 4 is 5.78 Å². The summed E-state index contributed by atoms with van der Waals surface area (Å²) in [5, 5.41) is 0. The summed E-state index contributed by atoms with van der Waals surface area (Å²) in [7, 11) is 0. The number of pyridine rings is 1. The molecule has 0 spiro atoms. The number of aryl methyl sites for hydroxylation is 1. The minimum Gasteiger partial charge on any atom is -0.294 e. The van der Waals surface area contributed by atoms with Gasteiger partial charge in [0.15, 0.2) is 5.78 Å². The van der Waals surface area contributed by atoms with E-state index in [9.17, 15) is 4.79 Å². The van der Waals surface area contributed by atoms with Crippen LogP contribution in [-0.4, -0.2) is 10.8 Å². The Kier molecular flexibility index (Phi) is 3.81. The molecule has 1 atom stereocenters. The Labute approximate surface area is 85.4 Å². The summed E-state index contributed by atoms with van der Waals surface area (Å²) in [4.78, 5) is 15.7. The van der Waals surface area contributed by atoms with Crippen LogP contribution in [0.1, 0.15) is 42.6 Å². The maximum absolute atomic E-state index is 11.7. The standard InChI is InChI=1S/C12H17NO/c1-4-9(2)6-12(14)11-5-10(3)7-13-8-11/h5,7-9H,4,6H2,1-3H3. The second-order valence-corrected chi connectivity index (χ2v) is 3.89. The zero-order valence-corrected chi connectivity index (χ0v) is 9.08. The first-order valence-electron chi connectivity index (χ1n) is 5.08. The first-order chi connectivity index (χ1) is 6.63. The molecular weight excluding hydrogens is 174 g/mol. The van der Waals surface area contributed by atoms with Gasteiger partial charge in [0.2, 0.25) is 0 Å². The Morgan fingerprint density at radius 2 is 2.21 bits per heavy atom. The van der Waals surface area contributed by atoms with E-state index in [1.165, 1.54) is 0 Å². The number of ketones is 1. The number of carbonyl (C=O) groups is 1. The van der Waals surface area contributed by atoms with E-state index in [4.69, 9.17) is 0 Å². The van der Waals surface area contributed by atoms with Crippen molar-refractivity contribution in [3.63, 3.8) is 0 Å². The number of nitrogens with zero attached hydrogens (tertiary/aromatic N) is 1.